The minimum atomic E-state index is -0.0797. The lowest BCUT2D eigenvalue weighted by atomic mass is 10.0. The number of nitrogens with zero attached hydrogens (tertiary/aromatic N) is 1. The van der Waals surface area contributed by atoms with Crippen molar-refractivity contribution in [3.8, 4) is 11.5 Å². The van der Waals surface area contributed by atoms with Crippen LogP contribution in [0.4, 0.5) is 0 Å². The predicted octanol–water partition coefficient (Wildman–Crippen LogP) is 3.98. The monoisotopic (exact) mass is 417 g/mol. The van der Waals surface area contributed by atoms with Crippen molar-refractivity contribution in [2.75, 3.05) is 32.8 Å². The molecule has 0 aliphatic carbocycles. The van der Waals surface area contributed by atoms with Crippen LogP contribution in [0.1, 0.15) is 34.8 Å². The Balaban J connectivity index is 1.51. The number of carbonyl (C=O) groups is 1. The molecule has 1 fully saturated rings. The van der Waals surface area contributed by atoms with E-state index in [0.29, 0.717) is 30.2 Å². The number of aromatic nitrogens is 1. The van der Waals surface area contributed by atoms with Gasteiger partial charge in [0.25, 0.3) is 0 Å². The molecule has 6 heteroatoms. The number of hydrogen-bond donors (Lipinski definition) is 2. The van der Waals surface area contributed by atoms with Gasteiger partial charge in [-0.05, 0) is 30.7 Å². The van der Waals surface area contributed by atoms with E-state index in [9.17, 15) is 4.79 Å². The molecule has 1 aromatic heterocycles. The van der Waals surface area contributed by atoms with Gasteiger partial charge in [0.2, 0.25) is 5.78 Å². The first-order valence-corrected chi connectivity index (χ1v) is 11.0. The van der Waals surface area contributed by atoms with Crippen molar-refractivity contribution in [1.29, 1.82) is 0 Å². The Kier molecular flexibility index (Phi) is 5.49. The number of benzene rings is 2. The summed E-state index contributed by atoms with van der Waals surface area (Å²) in [5, 5.41) is 4.45. The van der Waals surface area contributed by atoms with Gasteiger partial charge in [-0.25, -0.2) is 0 Å². The first-order valence-electron chi connectivity index (χ1n) is 11.0. The second-order valence-electron chi connectivity index (χ2n) is 8.02. The second-order valence-corrected chi connectivity index (χ2v) is 8.02. The van der Waals surface area contributed by atoms with Crippen LogP contribution in [-0.4, -0.2) is 48.5 Å². The molecule has 2 aliphatic rings. The maximum absolute atomic E-state index is 13.2. The first kappa shape index (κ1) is 19.8. The summed E-state index contributed by atoms with van der Waals surface area (Å²) in [5.74, 6) is 1.72. The Morgan fingerprint density at radius 2 is 2.00 bits per heavy atom. The molecule has 5 rings (SSSR count). The van der Waals surface area contributed by atoms with Crippen molar-refractivity contribution in [3.63, 3.8) is 0 Å². The summed E-state index contributed by atoms with van der Waals surface area (Å²) in [6.45, 7) is 7.28. The van der Waals surface area contributed by atoms with E-state index in [-0.39, 0.29) is 5.78 Å². The Labute approximate surface area is 181 Å². The Morgan fingerprint density at radius 3 is 2.84 bits per heavy atom. The Hall–Kier alpha value is -3.09. The summed E-state index contributed by atoms with van der Waals surface area (Å²) in [6.07, 6.45) is 4.67. The zero-order valence-electron chi connectivity index (χ0n) is 17.7. The Bertz CT molecular complexity index is 1140. The molecule has 3 heterocycles. The summed E-state index contributed by atoms with van der Waals surface area (Å²) in [4.78, 5) is 18.8. The number of H-pyrrole nitrogens is 1. The first-order chi connectivity index (χ1) is 15.2. The minimum absolute atomic E-state index is 0.0797. The number of piperazine rings is 1. The average Bonchev–Trinajstić information content (AvgIpc) is 3.35. The molecule has 2 aliphatic heterocycles. The van der Waals surface area contributed by atoms with Gasteiger partial charge in [-0.1, -0.05) is 25.1 Å². The molecule has 0 radical (unpaired) electrons. The zero-order valence-corrected chi connectivity index (χ0v) is 17.7. The van der Waals surface area contributed by atoms with Crippen LogP contribution in [0.15, 0.2) is 48.4 Å². The summed E-state index contributed by atoms with van der Waals surface area (Å²) in [5.41, 5.74) is 3.55. The summed E-state index contributed by atoms with van der Waals surface area (Å²) in [7, 11) is 0. The molecule has 3 aromatic rings. The summed E-state index contributed by atoms with van der Waals surface area (Å²) < 4.78 is 12.2. The molecule has 160 valence electrons. The fourth-order valence-corrected chi connectivity index (χ4v) is 4.23. The normalized spacial score (nSPS) is 17.8. The summed E-state index contributed by atoms with van der Waals surface area (Å²) in [6, 6.07) is 11.8. The molecule has 0 bridgehead atoms. The molecular weight excluding hydrogens is 390 g/mol. The minimum Gasteiger partial charge on any atom is -0.493 e. The molecule has 0 saturated carbocycles. The number of ether oxygens (including phenoxy) is 2. The molecule has 31 heavy (non-hydrogen) atoms. The van der Waals surface area contributed by atoms with E-state index in [1.54, 1.807) is 0 Å². The topological polar surface area (TPSA) is 66.6 Å². The molecule has 2 N–H and O–H groups in total. The van der Waals surface area contributed by atoms with Crippen LogP contribution in [0.25, 0.3) is 17.0 Å². The third-order valence-electron chi connectivity index (χ3n) is 5.86. The van der Waals surface area contributed by atoms with Gasteiger partial charge < -0.3 is 19.8 Å². The van der Waals surface area contributed by atoms with Crippen LogP contribution in [0, 0.1) is 0 Å². The van der Waals surface area contributed by atoms with Gasteiger partial charge in [0.05, 0.1) is 17.7 Å². The number of carbonyl (C=O) groups excluding carboxylic acids is 1. The average molecular weight is 418 g/mol. The lowest BCUT2D eigenvalue weighted by molar-refractivity contribution is 0.101. The van der Waals surface area contributed by atoms with Crippen LogP contribution < -0.4 is 14.8 Å². The molecular formula is C25H27N3O3. The number of Topliss-reactive ketones (excluding diaryl/α,β-unsaturated/α-hetero) is 1. The van der Waals surface area contributed by atoms with Crippen molar-refractivity contribution in [2.45, 2.75) is 19.9 Å². The number of hydrogen-bond acceptors (Lipinski definition) is 5. The van der Waals surface area contributed by atoms with Gasteiger partial charge >= 0.3 is 0 Å². The van der Waals surface area contributed by atoms with Crippen LogP contribution >= 0.6 is 0 Å². The van der Waals surface area contributed by atoms with Crippen molar-refractivity contribution in [1.82, 2.24) is 15.2 Å². The fourth-order valence-electron chi connectivity index (χ4n) is 4.23. The lowest BCUT2D eigenvalue weighted by Crippen LogP contribution is -2.43. The smallest absolute Gasteiger partial charge is 0.231 e. The van der Waals surface area contributed by atoms with Gasteiger partial charge in [0.15, 0.2) is 5.76 Å². The van der Waals surface area contributed by atoms with Crippen LogP contribution in [0.2, 0.25) is 0 Å². The second kappa shape index (κ2) is 8.57. The number of rotatable bonds is 6. The van der Waals surface area contributed by atoms with E-state index in [4.69, 9.17) is 9.47 Å². The van der Waals surface area contributed by atoms with Crippen LogP contribution in [0.5, 0.6) is 11.5 Å². The zero-order chi connectivity index (χ0) is 21.2. The quantitative estimate of drug-likeness (QED) is 0.594. The van der Waals surface area contributed by atoms with Crippen molar-refractivity contribution < 1.29 is 14.3 Å². The van der Waals surface area contributed by atoms with Gasteiger partial charge in [0, 0.05) is 55.4 Å². The van der Waals surface area contributed by atoms with E-state index in [2.05, 4.69) is 22.1 Å². The van der Waals surface area contributed by atoms with Crippen molar-refractivity contribution >= 4 is 22.8 Å². The van der Waals surface area contributed by atoms with E-state index in [1.807, 2.05) is 48.7 Å². The standard InChI is InChI=1S/C25H27N3O3/c1-2-13-30-22-8-7-19-24(29)23(14-17-15-27-21-6-4-3-5-18(17)21)31-25(19)20(22)16-28-11-9-26-10-12-28/h3-8,14-15,26-27H,2,9-13,16H2,1H3. The number of aromatic amines is 1. The highest BCUT2D eigenvalue weighted by Crippen LogP contribution is 2.41. The fraction of sp³-hybridized carbons (Fsp3) is 0.320. The lowest BCUT2D eigenvalue weighted by Gasteiger charge is -2.28. The van der Waals surface area contributed by atoms with E-state index in [1.165, 1.54) is 0 Å². The third kappa shape index (κ3) is 3.84. The van der Waals surface area contributed by atoms with Gasteiger partial charge in [-0.3, -0.25) is 9.69 Å². The van der Waals surface area contributed by atoms with Crippen molar-refractivity contribution in [2.24, 2.45) is 0 Å². The van der Waals surface area contributed by atoms with E-state index >= 15 is 0 Å². The highest BCUT2D eigenvalue weighted by atomic mass is 16.5. The number of nitrogens with one attached hydrogen (secondary N) is 2. The van der Waals surface area contributed by atoms with Crippen LogP contribution in [0.3, 0.4) is 0 Å². The molecule has 0 spiro atoms. The molecule has 0 amide bonds. The van der Waals surface area contributed by atoms with E-state index < -0.39 is 0 Å². The predicted molar refractivity (Wildman–Crippen MR) is 122 cm³/mol. The third-order valence-corrected chi connectivity index (χ3v) is 5.86. The maximum atomic E-state index is 13.2. The number of allylic oxidation sites excluding steroid dienone is 1. The molecule has 6 nitrogen and oxygen atoms in total. The summed E-state index contributed by atoms with van der Waals surface area (Å²) >= 11 is 0. The van der Waals surface area contributed by atoms with Crippen LogP contribution in [-0.2, 0) is 6.54 Å². The molecule has 1 saturated heterocycles. The molecule has 2 aromatic carbocycles. The highest BCUT2D eigenvalue weighted by Gasteiger charge is 2.32. The maximum Gasteiger partial charge on any atom is 0.231 e. The van der Waals surface area contributed by atoms with Crippen molar-refractivity contribution in [3.05, 3.63) is 65.0 Å². The Morgan fingerprint density at radius 1 is 1.16 bits per heavy atom. The van der Waals surface area contributed by atoms with Gasteiger partial charge in [0.1, 0.15) is 11.5 Å². The van der Waals surface area contributed by atoms with Gasteiger partial charge in [-0.15, -0.1) is 0 Å². The van der Waals surface area contributed by atoms with Gasteiger partial charge in [-0.2, -0.15) is 0 Å². The molecule has 0 atom stereocenters. The number of para-hydroxylation sites is 1. The largest absolute Gasteiger partial charge is 0.493 e. The molecule has 0 unspecified atom stereocenters. The number of ketones is 1. The van der Waals surface area contributed by atoms with E-state index in [0.717, 1.165) is 60.4 Å². The SMILES string of the molecule is CCCOc1ccc2c(c1CN1CCNCC1)OC(=Cc1c[nH]c3ccccc13)C2=O. The number of fused-ring (bicyclic) bond motifs is 2. The highest BCUT2D eigenvalue weighted by molar-refractivity contribution is 6.15.